The normalized spacial score (nSPS) is 20.0. The van der Waals surface area contributed by atoms with Crippen LogP contribution < -0.4 is 5.32 Å². The number of fused-ring (bicyclic) bond motifs is 3. The number of carbonyl (C=O) groups is 3. The van der Waals surface area contributed by atoms with Gasteiger partial charge in [-0.05, 0) is 53.9 Å². The van der Waals surface area contributed by atoms with Gasteiger partial charge in [0.1, 0.15) is 12.6 Å². The van der Waals surface area contributed by atoms with Crippen LogP contribution in [0.25, 0.3) is 11.1 Å². The maximum Gasteiger partial charge on any atom is 0.407 e. The number of nitrogens with zero attached hydrogens (tertiary/aromatic N) is 1. The number of hydrogen-bond acceptors (Lipinski definition) is 4. The topological polar surface area (TPSA) is 95.9 Å². The van der Waals surface area contributed by atoms with Gasteiger partial charge in [0.2, 0.25) is 5.91 Å². The number of hydrogen-bond donors (Lipinski definition) is 2. The largest absolute Gasteiger partial charge is 0.480 e. The molecule has 7 heteroatoms. The van der Waals surface area contributed by atoms with Gasteiger partial charge in [0, 0.05) is 24.9 Å². The van der Waals surface area contributed by atoms with Crippen LogP contribution in [0.1, 0.15) is 63.0 Å². The number of likely N-dealkylation sites (tertiary alicyclic amines) is 1. The second-order valence-electron chi connectivity index (χ2n) is 9.68. The molecule has 0 radical (unpaired) electrons. The molecule has 3 unspecified atom stereocenters. The fraction of sp³-hybridized carbons (Fsp3) is 0.464. The van der Waals surface area contributed by atoms with Crippen molar-refractivity contribution in [2.75, 3.05) is 13.2 Å². The van der Waals surface area contributed by atoms with Crippen LogP contribution in [-0.4, -0.2) is 53.2 Å². The third kappa shape index (κ3) is 5.50. The molecule has 7 nitrogen and oxygen atoms in total. The summed E-state index contributed by atoms with van der Waals surface area (Å²) in [7, 11) is 0. The molecule has 1 saturated heterocycles. The SMILES string of the molecule is CCC(CCC(=O)N1CCC(C)CC1C(=O)O)NC(=O)OCC1c2ccccc2-c2ccccc21. The second kappa shape index (κ2) is 10.9. The van der Waals surface area contributed by atoms with Gasteiger partial charge in [-0.15, -0.1) is 0 Å². The van der Waals surface area contributed by atoms with Gasteiger partial charge in [0.05, 0.1) is 0 Å². The molecule has 3 atom stereocenters. The van der Waals surface area contributed by atoms with E-state index in [2.05, 4.69) is 29.6 Å². The van der Waals surface area contributed by atoms with Crippen LogP contribution in [0.5, 0.6) is 0 Å². The number of rotatable bonds is 8. The summed E-state index contributed by atoms with van der Waals surface area (Å²) in [5, 5.41) is 12.4. The minimum atomic E-state index is -0.950. The van der Waals surface area contributed by atoms with Gasteiger partial charge >= 0.3 is 12.1 Å². The second-order valence-corrected chi connectivity index (χ2v) is 9.68. The van der Waals surface area contributed by atoms with Gasteiger partial charge in [-0.3, -0.25) is 4.79 Å². The highest BCUT2D eigenvalue weighted by molar-refractivity contribution is 5.84. The smallest absolute Gasteiger partial charge is 0.407 e. The number of benzene rings is 2. The quantitative estimate of drug-likeness (QED) is 0.568. The number of piperidine rings is 1. The molecule has 35 heavy (non-hydrogen) atoms. The van der Waals surface area contributed by atoms with Gasteiger partial charge in [0.25, 0.3) is 0 Å². The van der Waals surface area contributed by atoms with Crippen molar-refractivity contribution in [2.45, 2.75) is 64.0 Å². The minimum absolute atomic E-state index is 0.00995. The number of ether oxygens (including phenoxy) is 1. The predicted octanol–water partition coefficient (Wildman–Crippen LogP) is 4.80. The molecule has 4 rings (SSSR count). The van der Waals surface area contributed by atoms with Gasteiger partial charge in [-0.25, -0.2) is 9.59 Å². The van der Waals surface area contributed by atoms with Crippen LogP contribution in [0.4, 0.5) is 4.79 Å². The van der Waals surface area contributed by atoms with Crippen molar-refractivity contribution in [2.24, 2.45) is 5.92 Å². The van der Waals surface area contributed by atoms with Crippen molar-refractivity contribution >= 4 is 18.0 Å². The zero-order chi connectivity index (χ0) is 24.9. The zero-order valence-electron chi connectivity index (χ0n) is 20.4. The molecular weight excluding hydrogens is 444 g/mol. The molecule has 1 heterocycles. The molecule has 2 amide bonds. The Bertz CT molecular complexity index is 1040. The van der Waals surface area contributed by atoms with E-state index in [1.165, 1.54) is 16.0 Å². The maximum absolute atomic E-state index is 12.8. The van der Waals surface area contributed by atoms with Gasteiger partial charge < -0.3 is 20.1 Å². The number of aliphatic carboxylic acids is 1. The first-order chi connectivity index (χ1) is 16.9. The molecule has 2 aromatic rings. The average molecular weight is 479 g/mol. The summed E-state index contributed by atoms with van der Waals surface area (Å²) in [4.78, 5) is 38.5. The molecule has 0 aromatic heterocycles. The molecule has 0 spiro atoms. The van der Waals surface area contributed by atoms with E-state index in [0.717, 1.165) is 17.5 Å². The van der Waals surface area contributed by atoms with E-state index in [1.807, 2.05) is 38.1 Å². The summed E-state index contributed by atoms with van der Waals surface area (Å²) in [5.74, 6) is -0.839. The fourth-order valence-corrected chi connectivity index (χ4v) is 5.30. The molecule has 0 saturated carbocycles. The lowest BCUT2D eigenvalue weighted by Gasteiger charge is -2.36. The van der Waals surface area contributed by atoms with Gasteiger partial charge in [0.15, 0.2) is 0 Å². The van der Waals surface area contributed by atoms with Gasteiger partial charge in [-0.2, -0.15) is 0 Å². The van der Waals surface area contributed by atoms with E-state index in [9.17, 15) is 19.5 Å². The van der Waals surface area contributed by atoms with Crippen molar-refractivity contribution in [3.8, 4) is 11.1 Å². The van der Waals surface area contributed by atoms with Crippen LogP contribution in [-0.2, 0) is 14.3 Å². The zero-order valence-corrected chi connectivity index (χ0v) is 20.4. The van der Waals surface area contributed by atoms with Crippen molar-refractivity contribution in [1.82, 2.24) is 10.2 Å². The Balaban J connectivity index is 1.30. The third-order valence-electron chi connectivity index (χ3n) is 7.34. The number of carbonyl (C=O) groups excluding carboxylic acids is 2. The van der Waals surface area contributed by atoms with E-state index in [0.29, 0.717) is 31.7 Å². The van der Waals surface area contributed by atoms with Crippen LogP contribution in [0.15, 0.2) is 48.5 Å². The van der Waals surface area contributed by atoms with E-state index >= 15 is 0 Å². The molecule has 2 aromatic carbocycles. The maximum atomic E-state index is 12.8. The first-order valence-corrected chi connectivity index (χ1v) is 12.5. The lowest BCUT2D eigenvalue weighted by atomic mass is 9.92. The Hall–Kier alpha value is -3.35. The highest BCUT2D eigenvalue weighted by atomic mass is 16.5. The van der Waals surface area contributed by atoms with E-state index in [4.69, 9.17) is 4.74 Å². The average Bonchev–Trinajstić information content (AvgIpc) is 3.18. The van der Waals surface area contributed by atoms with Crippen molar-refractivity contribution in [3.05, 3.63) is 59.7 Å². The Morgan fingerprint density at radius 3 is 2.31 bits per heavy atom. The summed E-state index contributed by atoms with van der Waals surface area (Å²) in [5.41, 5.74) is 4.66. The van der Waals surface area contributed by atoms with E-state index in [-0.39, 0.29) is 30.9 Å². The number of alkyl carbamates (subject to hydrolysis) is 1. The molecule has 0 bridgehead atoms. The number of nitrogens with one attached hydrogen (secondary N) is 1. The molecule has 1 aliphatic heterocycles. The third-order valence-corrected chi connectivity index (χ3v) is 7.34. The summed E-state index contributed by atoms with van der Waals surface area (Å²) < 4.78 is 5.63. The lowest BCUT2D eigenvalue weighted by Crippen LogP contribution is -2.50. The highest BCUT2D eigenvalue weighted by Gasteiger charge is 2.35. The van der Waals surface area contributed by atoms with E-state index in [1.54, 1.807) is 0 Å². The first kappa shape index (κ1) is 24.8. The summed E-state index contributed by atoms with van der Waals surface area (Å²) in [6, 6.07) is 15.4. The Morgan fingerprint density at radius 1 is 1.09 bits per heavy atom. The van der Waals surface area contributed by atoms with E-state index < -0.39 is 18.1 Å². The monoisotopic (exact) mass is 478 g/mol. The molecule has 1 fully saturated rings. The summed E-state index contributed by atoms with van der Waals surface area (Å²) in [6.45, 7) is 4.67. The highest BCUT2D eigenvalue weighted by Crippen LogP contribution is 2.44. The summed E-state index contributed by atoms with van der Waals surface area (Å²) in [6.07, 6.45) is 2.08. The Labute approximate surface area is 206 Å². The predicted molar refractivity (Wildman–Crippen MR) is 133 cm³/mol. The minimum Gasteiger partial charge on any atom is -0.480 e. The van der Waals surface area contributed by atoms with Crippen molar-refractivity contribution in [1.29, 1.82) is 0 Å². The molecule has 1 aliphatic carbocycles. The standard InChI is InChI=1S/C28H34N2O5/c1-3-19(12-13-26(31)30-15-14-18(2)16-25(30)27(32)33)29-28(34)35-17-24-22-10-6-4-8-20(22)21-9-5-7-11-23(21)24/h4-11,18-19,24-25H,3,12-17H2,1-2H3,(H,29,34)(H,32,33). The Kier molecular flexibility index (Phi) is 7.73. The fourth-order valence-electron chi connectivity index (χ4n) is 5.30. The molecule has 186 valence electrons. The van der Waals surface area contributed by atoms with Crippen LogP contribution in [0, 0.1) is 5.92 Å². The number of amides is 2. The van der Waals surface area contributed by atoms with Gasteiger partial charge in [-0.1, -0.05) is 62.4 Å². The Morgan fingerprint density at radius 2 is 1.71 bits per heavy atom. The van der Waals surface area contributed by atoms with Crippen LogP contribution in [0.3, 0.4) is 0 Å². The number of carboxylic acid groups (broad SMARTS) is 1. The van der Waals surface area contributed by atoms with Crippen LogP contribution >= 0.6 is 0 Å². The molecular formula is C28H34N2O5. The first-order valence-electron chi connectivity index (χ1n) is 12.5. The number of carboxylic acids is 1. The van der Waals surface area contributed by atoms with Crippen molar-refractivity contribution < 1.29 is 24.2 Å². The molecule has 2 aliphatic rings. The molecule has 2 N–H and O–H groups in total. The lowest BCUT2D eigenvalue weighted by molar-refractivity contribution is -0.153. The van der Waals surface area contributed by atoms with Crippen molar-refractivity contribution in [3.63, 3.8) is 0 Å². The van der Waals surface area contributed by atoms with Crippen LogP contribution in [0.2, 0.25) is 0 Å². The summed E-state index contributed by atoms with van der Waals surface area (Å²) >= 11 is 0.